The number of nitrogens with one attached hydrogen (secondary N) is 1. The number of methoxy groups -OCH3 is 2. The molecule has 0 aliphatic carbocycles. The summed E-state index contributed by atoms with van der Waals surface area (Å²) >= 11 is 0. The molecule has 1 N–H and O–H groups in total. The van der Waals surface area contributed by atoms with Crippen LogP contribution >= 0.6 is 0 Å². The van der Waals surface area contributed by atoms with Crippen LogP contribution in [0.1, 0.15) is 40.0 Å². The minimum absolute atomic E-state index is 0.268. The zero-order valence-electron chi connectivity index (χ0n) is 12.8. The van der Waals surface area contributed by atoms with Crippen molar-refractivity contribution in [1.82, 2.24) is 5.32 Å². The Bertz CT molecular complexity index is 424. The van der Waals surface area contributed by atoms with Crippen molar-refractivity contribution in [3.63, 3.8) is 0 Å². The molecule has 1 aliphatic rings. The minimum atomic E-state index is -0.398. The number of allylic oxidation sites excluding steroid dienone is 2. The molecule has 1 aliphatic heterocycles. The van der Waals surface area contributed by atoms with Crippen LogP contribution in [0, 0.1) is 5.92 Å². The SMILES string of the molecule is CCCCC1C(C(=O)OC)=C(C)NC(C)=C1C(=O)OC. The normalized spacial score (nSPS) is 16.1. The maximum absolute atomic E-state index is 12.0. The Balaban J connectivity index is 3.25. The van der Waals surface area contributed by atoms with Crippen LogP contribution in [0.15, 0.2) is 22.5 Å². The Morgan fingerprint density at radius 1 is 1.05 bits per heavy atom. The van der Waals surface area contributed by atoms with E-state index >= 15 is 0 Å². The molecule has 0 aromatic heterocycles. The van der Waals surface area contributed by atoms with Gasteiger partial charge < -0.3 is 14.8 Å². The first-order chi connectivity index (χ1) is 9.47. The van der Waals surface area contributed by atoms with Crippen molar-refractivity contribution in [3.8, 4) is 0 Å². The second-order valence-corrected chi connectivity index (χ2v) is 4.88. The summed E-state index contributed by atoms with van der Waals surface area (Å²) in [5.41, 5.74) is 2.52. The largest absolute Gasteiger partial charge is 0.466 e. The summed E-state index contributed by atoms with van der Waals surface area (Å²) in [4.78, 5) is 24.0. The summed E-state index contributed by atoms with van der Waals surface area (Å²) in [6.45, 7) is 5.72. The van der Waals surface area contributed by atoms with Gasteiger partial charge in [-0.15, -0.1) is 0 Å². The Hall–Kier alpha value is -1.78. The fraction of sp³-hybridized carbons (Fsp3) is 0.600. The summed E-state index contributed by atoms with van der Waals surface area (Å²) in [6.07, 6.45) is 2.64. The van der Waals surface area contributed by atoms with E-state index in [9.17, 15) is 9.59 Å². The second kappa shape index (κ2) is 7.12. The van der Waals surface area contributed by atoms with E-state index in [-0.39, 0.29) is 5.92 Å². The summed E-state index contributed by atoms with van der Waals surface area (Å²) in [7, 11) is 2.70. The van der Waals surface area contributed by atoms with E-state index in [1.54, 1.807) is 0 Å². The maximum Gasteiger partial charge on any atom is 0.336 e. The molecule has 0 saturated heterocycles. The molecule has 20 heavy (non-hydrogen) atoms. The van der Waals surface area contributed by atoms with Gasteiger partial charge >= 0.3 is 11.9 Å². The second-order valence-electron chi connectivity index (χ2n) is 4.88. The number of carbonyl (C=O) groups is 2. The molecule has 0 amide bonds. The van der Waals surface area contributed by atoms with Gasteiger partial charge in [0, 0.05) is 17.3 Å². The molecule has 1 rings (SSSR count). The predicted octanol–water partition coefficient (Wildman–Crippen LogP) is 2.29. The highest BCUT2D eigenvalue weighted by Crippen LogP contribution is 2.34. The fourth-order valence-corrected chi connectivity index (χ4v) is 2.59. The van der Waals surface area contributed by atoms with Crippen LogP contribution in [0.25, 0.3) is 0 Å². The third-order valence-corrected chi connectivity index (χ3v) is 3.54. The highest BCUT2D eigenvalue weighted by molar-refractivity contribution is 5.97. The molecule has 0 fully saturated rings. The summed E-state index contributed by atoms with van der Waals surface area (Å²) in [6, 6.07) is 0. The number of ether oxygens (including phenoxy) is 2. The molecular weight excluding hydrogens is 258 g/mol. The van der Waals surface area contributed by atoms with Crippen LogP contribution in [-0.4, -0.2) is 26.2 Å². The van der Waals surface area contributed by atoms with Gasteiger partial charge in [0.1, 0.15) is 0 Å². The van der Waals surface area contributed by atoms with Crippen LogP contribution in [0.5, 0.6) is 0 Å². The molecule has 0 unspecified atom stereocenters. The molecule has 0 aromatic carbocycles. The van der Waals surface area contributed by atoms with Crippen molar-refractivity contribution in [3.05, 3.63) is 22.5 Å². The number of dihydropyridines is 1. The molecule has 112 valence electrons. The lowest BCUT2D eigenvalue weighted by Crippen LogP contribution is -2.33. The third kappa shape index (κ3) is 3.21. The summed E-state index contributed by atoms with van der Waals surface area (Å²) in [5, 5.41) is 3.07. The van der Waals surface area contributed by atoms with Crippen LogP contribution in [0.2, 0.25) is 0 Å². The van der Waals surface area contributed by atoms with Gasteiger partial charge in [0.25, 0.3) is 0 Å². The number of hydrogen-bond donors (Lipinski definition) is 1. The molecule has 0 saturated carbocycles. The van der Waals surface area contributed by atoms with Crippen molar-refractivity contribution in [2.75, 3.05) is 14.2 Å². The van der Waals surface area contributed by atoms with Gasteiger partial charge in [-0.3, -0.25) is 0 Å². The molecule has 1 heterocycles. The van der Waals surface area contributed by atoms with E-state index in [0.29, 0.717) is 11.1 Å². The van der Waals surface area contributed by atoms with Crippen molar-refractivity contribution in [2.24, 2.45) is 5.92 Å². The van der Waals surface area contributed by atoms with E-state index in [2.05, 4.69) is 12.2 Å². The van der Waals surface area contributed by atoms with Crippen molar-refractivity contribution >= 4 is 11.9 Å². The predicted molar refractivity (Wildman–Crippen MR) is 75.6 cm³/mol. The average Bonchev–Trinajstić information content (AvgIpc) is 2.43. The van der Waals surface area contributed by atoms with E-state index < -0.39 is 11.9 Å². The number of esters is 2. The number of unbranched alkanes of at least 4 members (excludes halogenated alkanes) is 1. The summed E-state index contributed by atoms with van der Waals surface area (Å²) < 4.78 is 9.71. The third-order valence-electron chi connectivity index (χ3n) is 3.54. The Labute approximate surface area is 120 Å². The van der Waals surface area contributed by atoms with Crippen LogP contribution < -0.4 is 5.32 Å². The first kappa shape index (κ1) is 16.3. The quantitative estimate of drug-likeness (QED) is 0.783. The lowest BCUT2D eigenvalue weighted by molar-refractivity contribution is -0.137. The molecule has 5 heteroatoms. The fourth-order valence-electron chi connectivity index (χ4n) is 2.59. The Morgan fingerprint density at radius 3 is 1.85 bits per heavy atom. The molecule has 0 atom stereocenters. The monoisotopic (exact) mass is 281 g/mol. The van der Waals surface area contributed by atoms with Gasteiger partial charge in [0.15, 0.2) is 0 Å². The van der Waals surface area contributed by atoms with E-state index in [4.69, 9.17) is 9.47 Å². The van der Waals surface area contributed by atoms with Gasteiger partial charge in [-0.25, -0.2) is 9.59 Å². The standard InChI is InChI=1S/C15H23NO4/c1-6-7-8-11-12(14(17)19-4)9(2)16-10(3)13(11)15(18)20-5/h11,16H,6-8H2,1-5H3. The van der Waals surface area contributed by atoms with Gasteiger partial charge in [-0.05, 0) is 20.3 Å². The van der Waals surface area contributed by atoms with Crippen molar-refractivity contribution in [1.29, 1.82) is 0 Å². The van der Waals surface area contributed by atoms with Gasteiger partial charge in [-0.1, -0.05) is 19.8 Å². The van der Waals surface area contributed by atoms with Crippen molar-refractivity contribution < 1.29 is 19.1 Å². The first-order valence-corrected chi connectivity index (χ1v) is 6.83. The van der Waals surface area contributed by atoms with E-state index in [0.717, 1.165) is 30.7 Å². The Kier molecular flexibility index (Phi) is 5.80. The zero-order chi connectivity index (χ0) is 15.3. The van der Waals surface area contributed by atoms with Crippen molar-refractivity contribution in [2.45, 2.75) is 40.0 Å². The lowest BCUT2D eigenvalue weighted by atomic mass is 9.82. The number of carbonyl (C=O) groups excluding carboxylic acids is 2. The smallest absolute Gasteiger partial charge is 0.336 e. The van der Waals surface area contributed by atoms with E-state index in [1.807, 2.05) is 13.8 Å². The maximum atomic E-state index is 12.0. The molecule has 0 aromatic rings. The molecule has 5 nitrogen and oxygen atoms in total. The first-order valence-electron chi connectivity index (χ1n) is 6.83. The average molecular weight is 281 g/mol. The van der Waals surface area contributed by atoms with Crippen LogP contribution in [0.3, 0.4) is 0 Å². The molecule has 0 spiro atoms. The zero-order valence-corrected chi connectivity index (χ0v) is 12.8. The summed E-state index contributed by atoms with van der Waals surface area (Å²) in [5.74, 6) is -1.06. The van der Waals surface area contributed by atoms with Gasteiger partial charge in [0.05, 0.1) is 25.4 Å². The van der Waals surface area contributed by atoms with Crippen LogP contribution in [-0.2, 0) is 19.1 Å². The number of rotatable bonds is 5. The minimum Gasteiger partial charge on any atom is -0.466 e. The van der Waals surface area contributed by atoms with Gasteiger partial charge in [-0.2, -0.15) is 0 Å². The Morgan fingerprint density at radius 2 is 1.50 bits per heavy atom. The highest BCUT2D eigenvalue weighted by Gasteiger charge is 2.35. The van der Waals surface area contributed by atoms with Gasteiger partial charge in [0.2, 0.25) is 0 Å². The topological polar surface area (TPSA) is 64.6 Å². The lowest BCUT2D eigenvalue weighted by Gasteiger charge is -2.29. The molecule has 0 radical (unpaired) electrons. The molecular formula is C15H23NO4. The number of hydrogen-bond acceptors (Lipinski definition) is 5. The highest BCUT2D eigenvalue weighted by atomic mass is 16.5. The van der Waals surface area contributed by atoms with Crippen LogP contribution in [0.4, 0.5) is 0 Å². The van der Waals surface area contributed by atoms with E-state index in [1.165, 1.54) is 14.2 Å². The molecule has 0 bridgehead atoms.